The fraction of sp³-hybridized carbons (Fsp3) is 0.571. The number of nitrogens with one attached hydrogen (secondary N) is 1. The molecular formula is C14H19ClFNO. The number of ether oxygens (including phenoxy) is 1. The predicted molar refractivity (Wildman–Crippen MR) is 71.3 cm³/mol. The van der Waals surface area contributed by atoms with E-state index in [0.29, 0.717) is 16.6 Å². The summed E-state index contributed by atoms with van der Waals surface area (Å²) in [6.45, 7) is 0.264. The highest BCUT2D eigenvalue weighted by atomic mass is 35.5. The first kappa shape index (κ1) is 13.8. The summed E-state index contributed by atoms with van der Waals surface area (Å²) in [6, 6.07) is 5.32. The molecule has 0 spiro atoms. The van der Waals surface area contributed by atoms with Gasteiger partial charge in [-0.3, -0.25) is 0 Å². The van der Waals surface area contributed by atoms with Gasteiger partial charge in [0.15, 0.2) is 0 Å². The molecule has 1 saturated carbocycles. The van der Waals surface area contributed by atoms with E-state index in [1.807, 2.05) is 7.05 Å². The zero-order valence-corrected chi connectivity index (χ0v) is 11.3. The van der Waals surface area contributed by atoms with Crippen LogP contribution in [0.2, 0.25) is 5.02 Å². The minimum absolute atomic E-state index is 0.227. The summed E-state index contributed by atoms with van der Waals surface area (Å²) >= 11 is 5.96. The van der Waals surface area contributed by atoms with Gasteiger partial charge in [-0.25, -0.2) is 4.39 Å². The maximum absolute atomic E-state index is 13.5. The van der Waals surface area contributed by atoms with Crippen LogP contribution in [0.4, 0.5) is 4.39 Å². The van der Waals surface area contributed by atoms with Crippen LogP contribution in [-0.2, 0) is 11.3 Å². The Balaban J connectivity index is 1.85. The largest absolute Gasteiger partial charge is 0.373 e. The molecular weight excluding hydrogens is 253 g/mol. The average molecular weight is 272 g/mol. The van der Waals surface area contributed by atoms with Gasteiger partial charge in [-0.2, -0.15) is 0 Å². The molecule has 0 aliphatic heterocycles. The lowest BCUT2D eigenvalue weighted by molar-refractivity contribution is 0.0107. The molecule has 100 valence electrons. The van der Waals surface area contributed by atoms with E-state index in [9.17, 15) is 4.39 Å². The van der Waals surface area contributed by atoms with Crippen LogP contribution in [0.5, 0.6) is 0 Å². The van der Waals surface area contributed by atoms with Crippen molar-refractivity contribution in [2.75, 3.05) is 7.05 Å². The lowest BCUT2D eigenvalue weighted by Gasteiger charge is -2.28. The highest BCUT2D eigenvalue weighted by Gasteiger charge is 2.21. The van der Waals surface area contributed by atoms with Gasteiger partial charge >= 0.3 is 0 Å². The summed E-state index contributed by atoms with van der Waals surface area (Å²) in [7, 11) is 1.99. The lowest BCUT2D eigenvalue weighted by Crippen LogP contribution is -2.32. The standard InChI is InChI=1S/C14H19ClFNO/c1-17-10-5-7-11(8-6-10)18-9-12-13(15)3-2-4-14(12)16/h2-4,10-11,17H,5-9H2,1H3. The molecule has 4 heteroatoms. The van der Waals surface area contributed by atoms with E-state index >= 15 is 0 Å². The molecule has 0 heterocycles. The number of hydrogen-bond acceptors (Lipinski definition) is 2. The van der Waals surface area contributed by atoms with E-state index in [2.05, 4.69) is 5.32 Å². The third-order valence-corrected chi connectivity index (χ3v) is 3.96. The first-order valence-corrected chi connectivity index (χ1v) is 6.80. The van der Waals surface area contributed by atoms with Crippen LogP contribution < -0.4 is 5.32 Å². The number of benzene rings is 1. The van der Waals surface area contributed by atoms with E-state index in [-0.39, 0.29) is 18.5 Å². The molecule has 0 aromatic heterocycles. The minimum atomic E-state index is -0.286. The van der Waals surface area contributed by atoms with Crippen molar-refractivity contribution in [3.63, 3.8) is 0 Å². The molecule has 1 aromatic rings. The molecule has 0 atom stereocenters. The first-order chi connectivity index (χ1) is 8.70. The summed E-state index contributed by atoms with van der Waals surface area (Å²) in [5, 5.41) is 3.72. The van der Waals surface area contributed by atoms with E-state index in [1.165, 1.54) is 6.07 Å². The van der Waals surface area contributed by atoms with Gasteiger partial charge in [0, 0.05) is 16.6 Å². The second-order valence-electron chi connectivity index (χ2n) is 4.77. The lowest BCUT2D eigenvalue weighted by atomic mass is 9.93. The number of rotatable bonds is 4. The van der Waals surface area contributed by atoms with Crippen molar-refractivity contribution in [1.29, 1.82) is 0 Å². The Morgan fingerprint density at radius 2 is 2.06 bits per heavy atom. The van der Waals surface area contributed by atoms with Crippen molar-refractivity contribution < 1.29 is 9.13 Å². The zero-order valence-electron chi connectivity index (χ0n) is 10.6. The third-order valence-electron chi connectivity index (χ3n) is 3.61. The fourth-order valence-corrected chi connectivity index (χ4v) is 2.61. The van der Waals surface area contributed by atoms with Crippen molar-refractivity contribution in [1.82, 2.24) is 5.32 Å². The summed E-state index contributed by atoms with van der Waals surface area (Å²) in [6.07, 6.45) is 4.51. The molecule has 0 radical (unpaired) electrons. The monoisotopic (exact) mass is 271 g/mol. The van der Waals surface area contributed by atoms with Crippen LogP contribution in [0.3, 0.4) is 0 Å². The molecule has 1 fully saturated rings. The highest BCUT2D eigenvalue weighted by molar-refractivity contribution is 6.31. The quantitative estimate of drug-likeness (QED) is 0.905. The van der Waals surface area contributed by atoms with Crippen LogP contribution in [0.25, 0.3) is 0 Å². The summed E-state index contributed by atoms with van der Waals surface area (Å²) in [5.74, 6) is -0.286. The Bertz CT molecular complexity index is 371. The van der Waals surface area contributed by atoms with Gasteiger partial charge in [0.25, 0.3) is 0 Å². The molecule has 18 heavy (non-hydrogen) atoms. The minimum Gasteiger partial charge on any atom is -0.373 e. The van der Waals surface area contributed by atoms with Gasteiger partial charge in [-0.1, -0.05) is 17.7 Å². The summed E-state index contributed by atoms with van der Waals surface area (Å²) in [5.41, 5.74) is 0.468. The van der Waals surface area contributed by atoms with E-state index in [1.54, 1.807) is 12.1 Å². The third kappa shape index (κ3) is 3.44. The smallest absolute Gasteiger partial charge is 0.130 e. The Morgan fingerprint density at radius 3 is 2.67 bits per heavy atom. The van der Waals surface area contributed by atoms with Crippen molar-refractivity contribution in [2.24, 2.45) is 0 Å². The molecule has 0 bridgehead atoms. The van der Waals surface area contributed by atoms with E-state index in [0.717, 1.165) is 25.7 Å². The number of halogens is 2. The maximum atomic E-state index is 13.5. The average Bonchev–Trinajstić information content (AvgIpc) is 2.39. The Labute approximate surface area is 112 Å². The molecule has 1 N–H and O–H groups in total. The van der Waals surface area contributed by atoms with Crippen molar-refractivity contribution in [3.05, 3.63) is 34.6 Å². The zero-order chi connectivity index (χ0) is 13.0. The normalized spacial score (nSPS) is 24.2. The van der Waals surface area contributed by atoms with Gasteiger partial charge in [-0.05, 0) is 44.9 Å². The van der Waals surface area contributed by atoms with Crippen LogP contribution in [0.15, 0.2) is 18.2 Å². The molecule has 0 amide bonds. The van der Waals surface area contributed by atoms with Gasteiger partial charge in [0.2, 0.25) is 0 Å². The van der Waals surface area contributed by atoms with Crippen LogP contribution >= 0.6 is 11.6 Å². The predicted octanol–water partition coefficient (Wildman–Crippen LogP) is 3.53. The van der Waals surface area contributed by atoms with E-state index in [4.69, 9.17) is 16.3 Å². The second-order valence-corrected chi connectivity index (χ2v) is 5.18. The van der Waals surface area contributed by atoms with Crippen LogP contribution in [0.1, 0.15) is 31.2 Å². The summed E-state index contributed by atoms with van der Waals surface area (Å²) in [4.78, 5) is 0. The van der Waals surface area contributed by atoms with Gasteiger partial charge in [0.1, 0.15) is 5.82 Å². The molecule has 1 aliphatic carbocycles. The Morgan fingerprint density at radius 1 is 1.33 bits per heavy atom. The molecule has 1 aromatic carbocycles. The number of hydrogen-bond donors (Lipinski definition) is 1. The molecule has 2 nitrogen and oxygen atoms in total. The Kier molecular flexibility index (Phi) is 4.98. The van der Waals surface area contributed by atoms with Crippen LogP contribution in [-0.4, -0.2) is 19.2 Å². The van der Waals surface area contributed by atoms with E-state index < -0.39 is 0 Å². The fourth-order valence-electron chi connectivity index (χ4n) is 2.39. The van der Waals surface area contributed by atoms with Gasteiger partial charge in [0.05, 0.1) is 12.7 Å². The van der Waals surface area contributed by atoms with Crippen molar-refractivity contribution >= 4 is 11.6 Å². The SMILES string of the molecule is CNC1CCC(OCc2c(F)cccc2Cl)CC1. The molecule has 0 saturated heterocycles. The van der Waals surface area contributed by atoms with Gasteiger partial charge < -0.3 is 10.1 Å². The van der Waals surface area contributed by atoms with Crippen molar-refractivity contribution in [2.45, 2.75) is 44.4 Å². The van der Waals surface area contributed by atoms with Crippen LogP contribution in [0, 0.1) is 5.82 Å². The maximum Gasteiger partial charge on any atom is 0.130 e. The Hall–Kier alpha value is -0.640. The topological polar surface area (TPSA) is 21.3 Å². The highest BCUT2D eigenvalue weighted by Crippen LogP contribution is 2.25. The molecule has 1 aliphatic rings. The van der Waals surface area contributed by atoms with Crippen molar-refractivity contribution in [3.8, 4) is 0 Å². The first-order valence-electron chi connectivity index (χ1n) is 6.42. The molecule has 0 unspecified atom stereocenters. The van der Waals surface area contributed by atoms with Gasteiger partial charge in [-0.15, -0.1) is 0 Å². The molecule has 2 rings (SSSR count). The summed E-state index contributed by atoms with van der Waals surface area (Å²) < 4.78 is 19.3. The second kappa shape index (κ2) is 6.50.